The molecule has 0 radical (unpaired) electrons. The summed E-state index contributed by atoms with van der Waals surface area (Å²) in [5.41, 5.74) is 2.47. The van der Waals surface area contributed by atoms with E-state index < -0.39 is 0 Å². The van der Waals surface area contributed by atoms with Crippen molar-refractivity contribution in [2.45, 2.75) is 37.9 Å². The molecule has 1 aromatic rings. The van der Waals surface area contributed by atoms with Gasteiger partial charge in [0, 0.05) is 43.3 Å². The minimum atomic E-state index is 0.696. The van der Waals surface area contributed by atoms with E-state index in [9.17, 15) is 0 Å². The molecule has 1 atom stereocenters. The maximum Gasteiger partial charge on any atom is 0.0562 e. The first-order chi connectivity index (χ1) is 8.83. The maximum atomic E-state index is 4.45. The SMILES string of the molecule is CN(c1ccnc(CNC2CC2)c1)C1CCSC1. The van der Waals surface area contributed by atoms with E-state index >= 15 is 0 Å². The fraction of sp³-hybridized carbons (Fsp3) is 0.643. The van der Waals surface area contributed by atoms with Crippen LogP contribution in [0.15, 0.2) is 18.3 Å². The second-order valence-corrected chi connectivity index (χ2v) is 6.44. The molecule has 1 saturated heterocycles. The predicted molar refractivity (Wildman–Crippen MR) is 78.2 cm³/mol. The van der Waals surface area contributed by atoms with Crippen molar-refractivity contribution in [3.05, 3.63) is 24.0 Å². The fourth-order valence-electron chi connectivity index (χ4n) is 2.36. The van der Waals surface area contributed by atoms with E-state index in [1.54, 1.807) is 0 Å². The van der Waals surface area contributed by atoms with E-state index in [1.165, 1.54) is 36.5 Å². The summed E-state index contributed by atoms with van der Waals surface area (Å²) in [6.45, 7) is 0.908. The Hall–Kier alpha value is -0.740. The molecule has 1 aromatic heterocycles. The van der Waals surface area contributed by atoms with Gasteiger partial charge in [0.1, 0.15) is 0 Å². The molecule has 2 aliphatic rings. The molecule has 1 saturated carbocycles. The van der Waals surface area contributed by atoms with Gasteiger partial charge in [-0.1, -0.05) is 0 Å². The number of hydrogen-bond acceptors (Lipinski definition) is 4. The second-order valence-electron chi connectivity index (χ2n) is 5.29. The molecule has 98 valence electrons. The van der Waals surface area contributed by atoms with Crippen molar-refractivity contribution < 1.29 is 0 Å². The lowest BCUT2D eigenvalue weighted by atomic mass is 10.2. The molecule has 0 amide bonds. The van der Waals surface area contributed by atoms with Crippen LogP contribution in [0.2, 0.25) is 0 Å². The monoisotopic (exact) mass is 263 g/mol. The molecular weight excluding hydrogens is 242 g/mol. The Bertz CT molecular complexity index is 400. The number of nitrogens with zero attached hydrogens (tertiary/aromatic N) is 2. The fourth-order valence-corrected chi connectivity index (χ4v) is 3.62. The van der Waals surface area contributed by atoms with Crippen molar-refractivity contribution in [3.63, 3.8) is 0 Å². The molecule has 2 heterocycles. The molecule has 18 heavy (non-hydrogen) atoms. The van der Waals surface area contributed by atoms with Gasteiger partial charge in [-0.25, -0.2) is 0 Å². The van der Waals surface area contributed by atoms with Crippen LogP contribution in [0, 0.1) is 0 Å². The Morgan fingerprint density at radius 2 is 2.33 bits per heavy atom. The number of pyridine rings is 1. The number of aromatic nitrogens is 1. The van der Waals surface area contributed by atoms with E-state index in [4.69, 9.17) is 0 Å². The molecule has 0 bridgehead atoms. The summed E-state index contributed by atoms with van der Waals surface area (Å²) in [5, 5.41) is 3.52. The van der Waals surface area contributed by atoms with E-state index in [0.717, 1.165) is 18.3 Å². The van der Waals surface area contributed by atoms with Gasteiger partial charge < -0.3 is 10.2 Å². The molecule has 1 aliphatic carbocycles. The number of hydrogen-bond donors (Lipinski definition) is 1. The highest BCUT2D eigenvalue weighted by atomic mass is 32.2. The lowest BCUT2D eigenvalue weighted by molar-refractivity contribution is 0.670. The minimum Gasteiger partial charge on any atom is -0.371 e. The Balaban J connectivity index is 1.64. The van der Waals surface area contributed by atoms with Gasteiger partial charge in [-0.15, -0.1) is 0 Å². The van der Waals surface area contributed by atoms with Crippen LogP contribution >= 0.6 is 11.8 Å². The highest BCUT2D eigenvalue weighted by molar-refractivity contribution is 7.99. The van der Waals surface area contributed by atoms with Crippen LogP contribution in [-0.4, -0.2) is 35.6 Å². The topological polar surface area (TPSA) is 28.2 Å². The van der Waals surface area contributed by atoms with Crippen molar-refractivity contribution in [3.8, 4) is 0 Å². The average Bonchev–Trinajstić information content (AvgIpc) is 3.08. The highest BCUT2D eigenvalue weighted by Gasteiger charge is 2.22. The molecule has 3 rings (SSSR count). The quantitative estimate of drug-likeness (QED) is 0.882. The van der Waals surface area contributed by atoms with Crippen LogP contribution < -0.4 is 10.2 Å². The van der Waals surface area contributed by atoms with Crippen molar-refractivity contribution in [2.75, 3.05) is 23.5 Å². The largest absolute Gasteiger partial charge is 0.371 e. The summed E-state index contributed by atoms with van der Waals surface area (Å²) in [4.78, 5) is 6.87. The normalized spacial score (nSPS) is 23.3. The van der Waals surface area contributed by atoms with Crippen LogP contribution in [0.1, 0.15) is 25.0 Å². The van der Waals surface area contributed by atoms with Gasteiger partial charge >= 0.3 is 0 Å². The molecule has 0 spiro atoms. The Morgan fingerprint density at radius 3 is 3.06 bits per heavy atom. The first kappa shape index (κ1) is 12.3. The summed E-state index contributed by atoms with van der Waals surface area (Å²) < 4.78 is 0. The summed E-state index contributed by atoms with van der Waals surface area (Å²) in [6.07, 6.45) is 5.91. The third kappa shape index (κ3) is 2.98. The molecule has 3 nitrogen and oxygen atoms in total. The van der Waals surface area contributed by atoms with Crippen LogP contribution in [-0.2, 0) is 6.54 Å². The maximum absolute atomic E-state index is 4.45. The van der Waals surface area contributed by atoms with E-state index in [0.29, 0.717) is 6.04 Å². The zero-order valence-electron chi connectivity index (χ0n) is 10.9. The minimum absolute atomic E-state index is 0.696. The standard InChI is InChI=1S/C14H21N3S/c1-17(14-5-7-18-10-14)13-4-6-15-12(8-13)9-16-11-2-3-11/h4,6,8,11,14,16H,2-3,5,7,9-10H2,1H3. The van der Waals surface area contributed by atoms with Gasteiger partial charge in [0.05, 0.1) is 5.69 Å². The summed E-state index contributed by atoms with van der Waals surface area (Å²) >= 11 is 2.06. The molecule has 1 unspecified atom stereocenters. The molecule has 0 aromatic carbocycles. The Morgan fingerprint density at radius 1 is 1.44 bits per heavy atom. The molecular formula is C14H21N3S. The predicted octanol–water partition coefficient (Wildman–Crippen LogP) is 2.28. The van der Waals surface area contributed by atoms with Crippen molar-refractivity contribution >= 4 is 17.4 Å². The Kier molecular flexibility index (Phi) is 3.75. The summed E-state index contributed by atoms with van der Waals surface area (Å²) in [5.74, 6) is 2.56. The van der Waals surface area contributed by atoms with Gasteiger partial charge in [0.2, 0.25) is 0 Å². The van der Waals surface area contributed by atoms with Crippen molar-refractivity contribution in [2.24, 2.45) is 0 Å². The van der Waals surface area contributed by atoms with E-state index in [1.807, 2.05) is 6.20 Å². The lowest BCUT2D eigenvalue weighted by Crippen LogP contribution is -2.31. The zero-order valence-corrected chi connectivity index (χ0v) is 11.7. The van der Waals surface area contributed by atoms with E-state index in [-0.39, 0.29) is 0 Å². The second kappa shape index (κ2) is 5.49. The van der Waals surface area contributed by atoms with Gasteiger partial charge in [0.25, 0.3) is 0 Å². The van der Waals surface area contributed by atoms with Gasteiger partial charge in [-0.2, -0.15) is 11.8 Å². The van der Waals surface area contributed by atoms with E-state index in [2.05, 4.69) is 46.1 Å². The Labute approximate surface area is 113 Å². The van der Waals surface area contributed by atoms with Crippen LogP contribution in [0.25, 0.3) is 0 Å². The third-order valence-corrected chi connectivity index (χ3v) is 4.95. The number of thioether (sulfide) groups is 1. The van der Waals surface area contributed by atoms with Crippen molar-refractivity contribution in [1.82, 2.24) is 10.3 Å². The van der Waals surface area contributed by atoms with Crippen LogP contribution in [0.5, 0.6) is 0 Å². The average molecular weight is 263 g/mol. The lowest BCUT2D eigenvalue weighted by Gasteiger charge is -2.26. The van der Waals surface area contributed by atoms with Gasteiger partial charge in [-0.3, -0.25) is 4.98 Å². The smallest absolute Gasteiger partial charge is 0.0562 e. The number of anilines is 1. The molecule has 4 heteroatoms. The van der Waals surface area contributed by atoms with Crippen LogP contribution in [0.3, 0.4) is 0 Å². The summed E-state index contributed by atoms with van der Waals surface area (Å²) in [6, 6.07) is 5.81. The molecule has 1 aliphatic heterocycles. The number of rotatable bonds is 5. The molecule has 2 fully saturated rings. The molecule has 1 N–H and O–H groups in total. The first-order valence-electron chi connectivity index (χ1n) is 6.82. The third-order valence-electron chi connectivity index (χ3n) is 3.81. The zero-order chi connectivity index (χ0) is 12.4. The number of nitrogens with one attached hydrogen (secondary N) is 1. The van der Waals surface area contributed by atoms with Crippen LogP contribution in [0.4, 0.5) is 5.69 Å². The highest BCUT2D eigenvalue weighted by Crippen LogP contribution is 2.26. The first-order valence-corrected chi connectivity index (χ1v) is 7.97. The van der Waals surface area contributed by atoms with Gasteiger partial charge in [0.15, 0.2) is 0 Å². The van der Waals surface area contributed by atoms with Gasteiger partial charge in [-0.05, 0) is 37.1 Å². The summed E-state index contributed by atoms with van der Waals surface area (Å²) in [7, 11) is 2.21. The van der Waals surface area contributed by atoms with Crippen molar-refractivity contribution in [1.29, 1.82) is 0 Å².